The highest BCUT2D eigenvalue weighted by Gasteiger charge is 2.51. The van der Waals surface area contributed by atoms with Gasteiger partial charge in [-0.25, -0.2) is 0 Å². The smallest absolute Gasteiger partial charge is 0.490 e. The summed E-state index contributed by atoms with van der Waals surface area (Å²) in [5.74, 6) is 0.683. The van der Waals surface area contributed by atoms with Gasteiger partial charge in [-0.05, 0) is 69.1 Å². The van der Waals surface area contributed by atoms with Crippen LogP contribution in [0.25, 0.3) is 6.08 Å². The molecule has 2 aromatic rings. The molecule has 1 fully saturated rings. The molecule has 0 bridgehead atoms. The van der Waals surface area contributed by atoms with Gasteiger partial charge >= 0.3 is 13.3 Å². The third-order valence-electron chi connectivity index (χ3n) is 5.30. The second-order valence-electron chi connectivity index (χ2n) is 7.99. The number of hydrogen-bond donors (Lipinski definition) is 0. The van der Waals surface area contributed by atoms with E-state index in [1.165, 1.54) is 12.1 Å². The van der Waals surface area contributed by atoms with E-state index in [4.69, 9.17) is 14.0 Å². The highest BCUT2D eigenvalue weighted by atomic mass is 19.4. The van der Waals surface area contributed by atoms with E-state index in [1.807, 2.05) is 52.0 Å². The molecule has 1 saturated heterocycles. The monoisotopic (exact) mass is 404 g/mol. The van der Waals surface area contributed by atoms with Gasteiger partial charge in [-0.15, -0.1) is 0 Å². The summed E-state index contributed by atoms with van der Waals surface area (Å²) in [5.41, 5.74) is 0.147. The maximum Gasteiger partial charge on any atom is 0.494 e. The van der Waals surface area contributed by atoms with Gasteiger partial charge in [0, 0.05) is 0 Å². The molecular formula is C22H24BF3O3. The maximum atomic E-state index is 12.6. The molecule has 1 aliphatic rings. The first kappa shape index (κ1) is 21.5. The summed E-state index contributed by atoms with van der Waals surface area (Å²) in [5, 5.41) is 0. The van der Waals surface area contributed by atoms with Crippen LogP contribution in [0.3, 0.4) is 0 Å². The van der Waals surface area contributed by atoms with Crippen molar-refractivity contribution in [2.45, 2.75) is 45.1 Å². The van der Waals surface area contributed by atoms with E-state index in [1.54, 1.807) is 12.2 Å². The molecule has 0 N–H and O–H groups in total. The summed E-state index contributed by atoms with van der Waals surface area (Å²) < 4.78 is 55.4. The molecule has 2 aromatic carbocycles. The van der Waals surface area contributed by atoms with E-state index in [-0.39, 0.29) is 0 Å². The summed E-state index contributed by atoms with van der Waals surface area (Å²) in [7, 11) is -0.423. The number of alkyl halides is 3. The zero-order valence-electron chi connectivity index (χ0n) is 16.9. The van der Waals surface area contributed by atoms with Crippen molar-refractivity contribution < 1.29 is 27.2 Å². The molecule has 0 atom stereocenters. The molecule has 0 spiro atoms. The van der Waals surface area contributed by atoms with E-state index < -0.39 is 30.1 Å². The lowest BCUT2D eigenvalue weighted by Gasteiger charge is -2.32. The molecule has 7 heteroatoms. The number of hydrogen-bond acceptors (Lipinski definition) is 3. The van der Waals surface area contributed by atoms with Crippen molar-refractivity contribution in [3.63, 3.8) is 0 Å². The van der Waals surface area contributed by atoms with Crippen molar-refractivity contribution in [2.24, 2.45) is 0 Å². The fourth-order valence-corrected chi connectivity index (χ4v) is 2.81. The number of rotatable bonds is 5. The maximum absolute atomic E-state index is 12.6. The van der Waals surface area contributed by atoms with Gasteiger partial charge in [0.1, 0.15) is 12.4 Å². The molecule has 0 unspecified atom stereocenters. The third kappa shape index (κ3) is 5.03. The van der Waals surface area contributed by atoms with Crippen molar-refractivity contribution in [2.75, 3.05) is 6.61 Å². The molecule has 0 radical (unpaired) electrons. The molecule has 0 aromatic heterocycles. The fraction of sp³-hybridized carbons (Fsp3) is 0.364. The van der Waals surface area contributed by atoms with E-state index in [9.17, 15) is 13.2 Å². The summed E-state index contributed by atoms with van der Waals surface area (Å²) in [6.07, 6.45) is -0.846. The highest BCUT2D eigenvalue weighted by molar-refractivity contribution is 6.62. The molecule has 29 heavy (non-hydrogen) atoms. The molecule has 154 valence electrons. The van der Waals surface area contributed by atoms with Crippen LogP contribution in [-0.2, 0) is 15.5 Å². The van der Waals surface area contributed by atoms with Crippen LogP contribution in [0, 0.1) is 0 Å². The molecule has 3 rings (SSSR count). The van der Waals surface area contributed by atoms with Gasteiger partial charge in [0.05, 0.1) is 16.8 Å². The van der Waals surface area contributed by atoms with Gasteiger partial charge < -0.3 is 14.0 Å². The van der Waals surface area contributed by atoms with Crippen molar-refractivity contribution in [1.82, 2.24) is 0 Å². The average Bonchev–Trinajstić information content (AvgIpc) is 2.86. The van der Waals surface area contributed by atoms with Gasteiger partial charge in [-0.2, -0.15) is 13.2 Å². The van der Waals surface area contributed by atoms with Crippen molar-refractivity contribution in [3.05, 3.63) is 65.7 Å². The van der Waals surface area contributed by atoms with Crippen LogP contribution < -0.4 is 10.2 Å². The first-order chi connectivity index (χ1) is 13.5. The standard InChI is InChI=1S/C22H24BF3O3/c1-20(2)21(3,4)29-23(28-20)18-11-13-19(14-12-18)27-15-5-6-16-7-9-17(10-8-16)22(24,25)26/h5-14H,15H2,1-4H3/b6-5+. The van der Waals surface area contributed by atoms with Crippen molar-refractivity contribution >= 4 is 18.7 Å². The molecule has 1 heterocycles. The van der Waals surface area contributed by atoms with Crippen LogP contribution in [0.4, 0.5) is 13.2 Å². The predicted octanol–water partition coefficient (Wildman–Crippen LogP) is 5.10. The van der Waals surface area contributed by atoms with Gasteiger partial charge in [-0.1, -0.05) is 30.3 Å². The second-order valence-corrected chi connectivity index (χ2v) is 7.99. The normalized spacial score (nSPS) is 18.4. The summed E-state index contributed by atoms with van der Waals surface area (Å²) in [6, 6.07) is 12.5. The van der Waals surface area contributed by atoms with Gasteiger partial charge in [-0.3, -0.25) is 0 Å². The first-order valence-electron chi connectivity index (χ1n) is 9.40. The van der Waals surface area contributed by atoms with Crippen molar-refractivity contribution in [1.29, 1.82) is 0 Å². The number of ether oxygens (including phenoxy) is 1. The lowest BCUT2D eigenvalue weighted by Crippen LogP contribution is -2.41. The Hall–Kier alpha value is -2.25. The second kappa shape index (κ2) is 7.88. The summed E-state index contributed by atoms with van der Waals surface area (Å²) in [6.45, 7) is 8.33. The Morgan fingerprint density at radius 3 is 1.97 bits per heavy atom. The van der Waals surface area contributed by atoms with Crippen LogP contribution in [-0.4, -0.2) is 24.9 Å². The lowest BCUT2D eigenvalue weighted by atomic mass is 9.79. The van der Waals surface area contributed by atoms with Gasteiger partial charge in [0.15, 0.2) is 0 Å². The predicted molar refractivity (Wildman–Crippen MR) is 108 cm³/mol. The topological polar surface area (TPSA) is 27.7 Å². The Kier molecular flexibility index (Phi) is 5.83. The van der Waals surface area contributed by atoms with E-state index >= 15 is 0 Å². The Morgan fingerprint density at radius 1 is 0.897 bits per heavy atom. The third-order valence-corrected chi connectivity index (χ3v) is 5.30. The summed E-state index contributed by atoms with van der Waals surface area (Å²) in [4.78, 5) is 0. The molecule has 0 amide bonds. The molecule has 0 aliphatic carbocycles. The summed E-state index contributed by atoms with van der Waals surface area (Å²) >= 11 is 0. The zero-order valence-corrected chi connectivity index (χ0v) is 16.9. The minimum atomic E-state index is -4.32. The molecular weight excluding hydrogens is 380 g/mol. The van der Waals surface area contributed by atoms with Crippen LogP contribution in [0.15, 0.2) is 54.6 Å². The molecule has 0 saturated carbocycles. The zero-order chi connectivity index (χ0) is 21.3. The lowest BCUT2D eigenvalue weighted by molar-refractivity contribution is -0.137. The van der Waals surface area contributed by atoms with Crippen LogP contribution in [0.1, 0.15) is 38.8 Å². The molecule has 3 nitrogen and oxygen atoms in total. The minimum Gasteiger partial charge on any atom is -0.490 e. The Morgan fingerprint density at radius 2 is 1.45 bits per heavy atom. The van der Waals surface area contributed by atoms with Crippen LogP contribution in [0.5, 0.6) is 5.75 Å². The van der Waals surface area contributed by atoms with Crippen LogP contribution >= 0.6 is 0 Å². The Labute approximate surface area is 169 Å². The van der Waals surface area contributed by atoms with E-state index in [0.717, 1.165) is 17.6 Å². The number of halogens is 3. The largest absolute Gasteiger partial charge is 0.494 e. The fourth-order valence-electron chi connectivity index (χ4n) is 2.81. The minimum absolute atomic E-state index is 0.302. The first-order valence-corrected chi connectivity index (χ1v) is 9.40. The van der Waals surface area contributed by atoms with E-state index in [0.29, 0.717) is 17.9 Å². The average molecular weight is 404 g/mol. The number of benzene rings is 2. The Bertz CT molecular complexity index is 840. The van der Waals surface area contributed by atoms with Gasteiger partial charge in [0.25, 0.3) is 0 Å². The van der Waals surface area contributed by atoms with Gasteiger partial charge in [0.2, 0.25) is 0 Å². The van der Waals surface area contributed by atoms with Crippen LogP contribution in [0.2, 0.25) is 0 Å². The Balaban J connectivity index is 1.53. The molecule has 1 aliphatic heterocycles. The van der Waals surface area contributed by atoms with E-state index in [2.05, 4.69) is 0 Å². The quantitative estimate of drug-likeness (QED) is 0.650. The van der Waals surface area contributed by atoms with Crippen molar-refractivity contribution in [3.8, 4) is 5.75 Å². The SMILES string of the molecule is CC1(C)OB(c2ccc(OC/C=C/c3ccc(C(F)(F)F)cc3)cc2)OC1(C)C. The highest BCUT2D eigenvalue weighted by Crippen LogP contribution is 2.36.